The highest BCUT2D eigenvalue weighted by Crippen LogP contribution is 2.24. The Morgan fingerprint density at radius 1 is 1.13 bits per heavy atom. The van der Waals surface area contributed by atoms with E-state index in [-0.39, 0.29) is 6.73 Å². The summed E-state index contributed by atoms with van der Waals surface area (Å²) in [7, 11) is 1.60. The minimum atomic E-state index is -0.403. The molecule has 0 bridgehead atoms. The van der Waals surface area contributed by atoms with E-state index in [2.05, 4.69) is 5.48 Å². The summed E-state index contributed by atoms with van der Waals surface area (Å²) >= 11 is 0. The van der Waals surface area contributed by atoms with Crippen LogP contribution < -0.4 is 21.6 Å². The van der Waals surface area contributed by atoms with Crippen LogP contribution in [0, 0.1) is 0 Å². The van der Waals surface area contributed by atoms with Crippen LogP contribution in [-0.2, 0) is 4.84 Å². The number of fused-ring (bicyclic) bond motifs is 1. The molecule has 3 aromatic rings. The van der Waals surface area contributed by atoms with E-state index in [1.54, 1.807) is 31.4 Å². The second-order valence-corrected chi connectivity index (χ2v) is 4.84. The molecule has 0 amide bonds. The van der Waals surface area contributed by atoms with Crippen molar-refractivity contribution in [2.24, 2.45) is 5.73 Å². The van der Waals surface area contributed by atoms with E-state index >= 15 is 0 Å². The maximum atomic E-state index is 12.2. The molecule has 118 valence electrons. The molecule has 3 N–H and O–H groups in total. The summed E-state index contributed by atoms with van der Waals surface area (Å²) < 4.78 is 10.5. The lowest BCUT2D eigenvalue weighted by Gasteiger charge is -2.07. The molecule has 0 saturated carbocycles. The molecule has 1 heterocycles. The van der Waals surface area contributed by atoms with Gasteiger partial charge in [0.05, 0.1) is 18.4 Å². The monoisotopic (exact) mass is 312 g/mol. The SMILES string of the molecule is COc1ccc(-c2cc3ccc(NOCN)cc3oc2=O)cc1. The van der Waals surface area contributed by atoms with E-state index in [9.17, 15) is 4.79 Å². The third-order valence-corrected chi connectivity index (χ3v) is 3.41. The van der Waals surface area contributed by atoms with Gasteiger partial charge in [-0.25, -0.2) is 4.79 Å². The van der Waals surface area contributed by atoms with E-state index in [0.29, 0.717) is 16.8 Å². The number of benzene rings is 2. The Morgan fingerprint density at radius 3 is 2.61 bits per heavy atom. The molecule has 0 unspecified atom stereocenters. The zero-order chi connectivity index (χ0) is 16.2. The molecule has 0 atom stereocenters. The zero-order valence-electron chi connectivity index (χ0n) is 12.5. The first-order chi connectivity index (χ1) is 11.2. The lowest BCUT2D eigenvalue weighted by molar-refractivity contribution is 0.202. The van der Waals surface area contributed by atoms with Crippen molar-refractivity contribution < 1.29 is 14.0 Å². The zero-order valence-corrected chi connectivity index (χ0v) is 12.5. The first-order valence-electron chi connectivity index (χ1n) is 7.01. The minimum Gasteiger partial charge on any atom is -0.497 e. The van der Waals surface area contributed by atoms with Gasteiger partial charge in [0, 0.05) is 11.5 Å². The minimum absolute atomic E-state index is 0.0401. The number of methoxy groups -OCH3 is 1. The average Bonchev–Trinajstić information content (AvgIpc) is 2.59. The molecule has 0 aliphatic heterocycles. The number of rotatable bonds is 5. The van der Waals surface area contributed by atoms with Crippen LogP contribution in [0.5, 0.6) is 5.75 Å². The van der Waals surface area contributed by atoms with E-state index in [0.717, 1.165) is 16.7 Å². The molecular weight excluding hydrogens is 296 g/mol. The fraction of sp³-hybridized carbons (Fsp3) is 0.118. The van der Waals surface area contributed by atoms with Gasteiger partial charge < -0.3 is 14.9 Å². The second-order valence-electron chi connectivity index (χ2n) is 4.84. The van der Waals surface area contributed by atoms with Crippen molar-refractivity contribution in [3.05, 3.63) is 59.0 Å². The van der Waals surface area contributed by atoms with Gasteiger partial charge in [-0.15, -0.1) is 0 Å². The lowest BCUT2D eigenvalue weighted by atomic mass is 10.1. The van der Waals surface area contributed by atoms with Crippen LogP contribution in [-0.4, -0.2) is 13.8 Å². The summed E-state index contributed by atoms with van der Waals surface area (Å²) in [5.74, 6) is 0.731. The molecule has 0 fully saturated rings. The maximum absolute atomic E-state index is 12.2. The van der Waals surface area contributed by atoms with Crippen LogP contribution in [0.3, 0.4) is 0 Å². The third-order valence-electron chi connectivity index (χ3n) is 3.41. The number of nitrogens with one attached hydrogen (secondary N) is 1. The van der Waals surface area contributed by atoms with E-state index in [1.807, 2.05) is 24.3 Å². The van der Waals surface area contributed by atoms with Gasteiger partial charge in [-0.05, 0) is 35.9 Å². The van der Waals surface area contributed by atoms with Gasteiger partial charge in [0.25, 0.3) is 0 Å². The Hall–Kier alpha value is -2.83. The van der Waals surface area contributed by atoms with Crippen LogP contribution in [0.1, 0.15) is 0 Å². The van der Waals surface area contributed by atoms with Crippen LogP contribution in [0.4, 0.5) is 5.69 Å². The fourth-order valence-corrected chi connectivity index (χ4v) is 2.27. The van der Waals surface area contributed by atoms with Gasteiger partial charge in [0.2, 0.25) is 0 Å². The van der Waals surface area contributed by atoms with Crippen molar-refractivity contribution >= 4 is 16.7 Å². The molecule has 0 aliphatic carbocycles. The lowest BCUT2D eigenvalue weighted by Crippen LogP contribution is -2.10. The van der Waals surface area contributed by atoms with Gasteiger partial charge >= 0.3 is 5.63 Å². The Labute approximate surface area is 132 Å². The molecule has 0 spiro atoms. The van der Waals surface area contributed by atoms with Crippen LogP contribution in [0.25, 0.3) is 22.1 Å². The second kappa shape index (κ2) is 6.51. The van der Waals surface area contributed by atoms with Gasteiger partial charge in [-0.1, -0.05) is 12.1 Å². The molecule has 2 aromatic carbocycles. The van der Waals surface area contributed by atoms with Gasteiger partial charge in [-0.3, -0.25) is 10.3 Å². The van der Waals surface area contributed by atoms with Crippen LogP contribution in [0.2, 0.25) is 0 Å². The summed E-state index contributed by atoms with van der Waals surface area (Å²) in [5.41, 5.74) is 9.91. The summed E-state index contributed by atoms with van der Waals surface area (Å²) in [4.78, 5) is 17.2. The number of ether oxygens (including phenoxy) is 1. The predicted molar refractivity (Wildman–Crippen MR) is 88.2 cm³/mol. The van der Waals surface area contributed by atoms with Crippen molar-refractivity contribution in [1.29, 1.82) is 0 Å². The molecular formula is C17H16N2O4. The van der Waals surface area contributed by atoms with Gasteiger partial charge in [0.15, 0.2) is 0 Å². The number of anilines is 1. The van der Waals surface area contributed by atoms with Crippen molar-refractivity contribution in [2.75, 3.05) is 19.3 Å². The first kappa shape index (κ1) is 15.1. The molecule has 6 nitrogen and oxygen atoms in total. The van der Waals surface area contributed by atoms with Crippen molar-refractivity contribution in [3.8, 4) is 16.9 Å². The number of hydrogen-bond acceptors (Lipinski definition) is 6. The fourth-order valence-electron chi connectivity index (χ4n) is 2.27. The summed E-state index contributed by atoms with van der Waals surface area (Å²) in [6.45, 7) is 0.0401. The van der Waals surface area contributed by atoms with Gasteiger partial charge in [-0.2, -0.15) is 0 Å². The maximum Gasteiger partial charge on any atom is 0.344 e. The highest BCUT2D eigenvalue weighted by Gasteiger charge is 2.08. The van der Waals surface area contributed by atoms with Crippen molar-refractivity contribution in [2.45, 2.75) is 0 Å². The average molecular weight is 312 g/mol. The molecule has 1 aromatic heterocycles. The smallest absolute Gasteiger partial charge is 0.344 e. The highest BCUT2D eigenvalue weighted by atomic mass is 16.6. The van der Waals surface area contributed by atoms with Crippen molar-refractivity contribution in [1.82, 2.24) is 0 Å². The third kappa shape index (κ3) is 3.18. The molecule has 3 rings (SSSR count). The van der Waals surface area contributed by atoms with Crippen molar-refractivity contribution in [3.63, 3.8) is 0 Å². The largest absolute Gasteiger partial charge is 0.497 e. The van der Waals surface area contributed by atoms with Crippen LogP contribution in [0.15, 0.2) is 57.7 Å². The predicted octanol–water partition coefficient (Wildman–Crippen LogP) is 2.73. The Morgan fingerprint density at radius 2 is 1.91 bits per heavy atom. The molecule has 0 aliphatic rings. The summed E-state index contributed by atoms with van der Waals surface area (Å²) in [5, 5.41) is 0.814. The van der Waals surface area contributed by atoms with Gasteiger partial charge in [0.1, 0.15) is 18.1 Å². The molecule has 23 heavy (non-hydrogen) atoms. The standard InChI is InChI=1S/C17H16N2O4/c1-21-14-6-3-11(4-7-14)15-8-12-2-5-13(19-22-10-18)9-16(12)23-17(15)20/h2-9,19H,10,18H2,1H3. The van der Waals surface area contributed by atoms with E-state index in [1.165, 1.54) is 0 Å². The van der Waals surface area contributed by atoms with Crippen LogP contribution >= 0.6 is 0 Å². The number of nitrogens with two attached hydrogens (primary N) is 1. The quantitative estimate of drug-likeness (QED) is 0.428. The Kier molecular flexibility index (Phi) is 4.27. The topological polar surface area (TPSA) is 86.7 Å². The molecule has 6 heteroatoms. The first-order valence-corrected chi connectivity index (χ1v) is 7.01. The molecule has 0 radical (unpaired) electrons. The highest BCUT2D eigenvalue weighted by molar-refractivity contribution is 5.84. The normalized spacial score (nSPS) is 10.7. The Balaban J connectivity index is 2.02. The molecule has 0 saturated heterocycles. The summed E-state index contributed by atoms with van der Waals surface area (Å²) in [6.07, 6.45) is 0. The number of hydrogen-bond donors (Lipinski definition) is 2. The summed E-state index contributed by atoms with van der Waals surface area (Å²) in [6, 6.07) is 14.4. The van der Waals surface area contributed by atoms with E-state index in [4.69, 9.17) is 19.7 Å². The van der Waals surface area contributed by atoms with E-state index < -0.39 is 5.63 Å². The Bertz CT molecular complexity index is 872.